The van der Waals surface area contributed by atoms with Crippen molar-refractivity contribution < 1.29 is 9.53 Å². The number of piperidine rings is 1. The summed E-state index contributed by atoms with van der Waals surface area (Å²) in [6.45, 7) is 7.80. The first-order valence-electron chi connectivity index (χ1n) is 8.37. The Labute approximate surface area is 133 Å². The fourth-order valence-corrected chi connectivity index (χ4v) is 3.85. The molecular formula is C19H25NO2. The molecule has 0 radical (unpaired) electrons. The van der Waals surface area contributed by atoms with E-state index in [4.69, 9.17) is 4.74 Å². The van der Waals surface area contributed by atoms with Crippen molar-refractivity contribution in [3.63, 3.8) is 0 Å². The molecule has 0 saturated carbocycles. The van der Waals surface area contributed by atoms with Crippen molar-refractivity contribution in [2.75, 3.05) is 26.2 Å². The summed E-state index contributed by atoms with van der Waals surface area (Å²) in [5, 5.41) is 0. The second-order valence-corrected chi connectivity index (χ2v) is 6.25. The molecule has 22 heavy (non-hydrogen) atoms. The summed E-state index contributed by atoms with van der Waals surface area (Å²) < 4.78 is 5.00. The van der Waals surface area contributed by atoms with E-state index in [1.807, 2.05) is 6.92 Å². The van der Waals surface area contributed by atoms with E-state index >= 15 is 0 Å². The van der Waals surface area contributed by atoms with E-state index < -0.39 is 0 Å². The molecule has 1 aromatic carbocycles. The minimum atomic E-state index is -0.0675. The highest BCUT2D eigenvalue weighted by atomic mass is 16.5. The van der Waals surface area contributed by atoms with Crippen molar-refractivity contribution >= 4 is 11.5 Å². The van der Waals surface area contributed by atoms with Crippen LogP contribution in [0.3, 0.4) is 0 Å². The number of nitrogens with zero attached hydrogens (tertiary/aromatic N) is 1. The lowest BCUT2D eigenvalue weighted by atomic mass is 9.89. The van der Waals surface area contributed by atoms with Gasteiger partial charge in [-0.1, -0.05) is 29.8 Å². The number of rotatable bonds is 5. The van der Waals surface area contributed by atoms with Crippen molar-refractivity contribution in [2.45, 2.75) is 39.0 Å². The number of esters is 1. The summed E-state index contributed by atoms with van der Waals surface area (Å²) in [6, 6.07) is 8.81. The minimum absolute atomic E-state index is 0.0675. The quantitative estimate of drug-likeness (QED) is 0.778. The number of benzene rings is 1. The van der Waals surface area contributed by atoms with Crippen molar-refractivity contribution in [3.8, 4) is 0 Å². The Morgan fingerprint density at radius 1 is 1.36 bits per heavy atom. The molecule has 3 nitrogen and oxygen atoms in total. The molecule has 0 amide bonds. The molecule has 0 bridgehead atoms. The van der Waals surface area contributed by atoms with Crippen LogP contribution < -0.4 is 0 Å². The van der Waals surface area contributed by atoms with Gasteiger partial charge in [-0.3, -0.25) is 4.79 Å². The zero-order valence-electron chi connectivity index (χ0n) is 13.6. The second-order valence-electron chi connectivity index (χ2n) is 6.25. The topological polar surface area (TPSA) is 29.5 Å². The lowest BCUT2D eigenvalue weighted by Crippen LogP contribution is -2.35. The zero-order chi connectivity index (χ0) is 15.5. The highest BCUT2D eigenvalue weighted by molar-refractivity contribution is 5.77. The number of hydrogen-bond donors (Lipinski definition) is 0. The molecule has 118 valence electrons. The van der Waals surface area contributed by atoms with Gasteiger partial charge in [-0.15, -0.1) is 0 Å². The molecule has 1 saturated heterocycles. The summed E-state index contributed by atoms with van der Waals surface area (Å²) in [5.41, 5.74) is 6.05. The number of hydrogen-bond acceptors (Lipinski definition) is 3. The van der Waals surface area contributed by atoms with Crippen LogP contribution in [0.5, 0.6) is 0 Å². The lowest BCUT2D eigenvalue weighted by Gasteiger charge is -2.33. The van der Waals surface area contributed by atoms with Gasteiger partial charge in [0.1, 0.15) is 0 Å². The first-order chi connectivity index (χ1) is 10.7. The second kappa shape index (κ2) is 6.66. The van der Waals surface area contributed by atoms with Crippen LogP contribution in [0.15, 0.2) is 29.8 Å². The highest BCUT2D eigenvalue weighted by Crippen LogP contribution is 2.45. The van der Waals surface area contributed by atoms with Gasteiger partial charge in [-0.2, -0.15) is 0 Å². The third-order valence-electron chi connectivity index (χ3n) is 4.94. The van der Waals surface area contributed by atoms with Crippen LogP contribution in [-0.4, -0.2) is 37.1 Å². The van der Waals surface area contributed by atoms with Crippen molar-refractivity contribution in [1.82, 2.24) is 4.90 Å². The maximum absolute atomic E-state index is 11.4. The predicted octanol–water partition coefficient (Wildman–Crippen LogP) is 3.61. The van der Waals surface area contributed by atoms with Crippen LogP contribution in [0.1, 0.15) is 50.2 Å². The Bertz CT molecular complexity index is 591. The van der Waals surface area contributed by atoms with Crippen molar-refractivity contribution in [1.29, 1.82) is 0 Å². The normalized spacial score (nSPS) is 20.7. The van der Waals surface area contributed by atoms with E-state index in [1.54, 1.807) is 5.57 Å². The SMILES string of the molecule is CCOC(=O)CCCN1CCC2=C(C)c3ccccc3C2C1. The number of allylic oxidation sites excluding steroid dienone is 1. The molecule has 1 aliphatic heterocycles. The fraction of sp³-hybridized carbons (Fsp3) is 0.526. The number of ether oxygens (including phenoxy) is 1. The summed E-state index contributed by atoms with van der Waals surface area (Å²) in [6.07, 6.45) is 2.59. The van der Waals surface area contributed by atoms with Gasteiger partial charge in [0.2, 0.25) is 0 Å². The minimum Gasteiger partial charge on any atom is -0.466 e. The van der Waals surface area contributed by atoms with E-state index in [2.05, 4.69) is 36.1 Å². The molecular weight excluding hydrogens is 274 g/mol. The van der Waals surface area contributed by atoms with E-state index in [0.29, 0.717) is 18.9 Å². The summed E-state index contributed by atoms with van der Waals surface area (Å²) in [7, 11) is 0. The first kappa shape index (κ1) is 15.3. The molecule has 3 rings (SSSR count). The standard InChI is InChI=1S/C19H25NO2/c1-3-22-19(21)9-6-11-20-12-10-16-14(2)15-7-4-5-8-17(15)18(16)13-20/h4-5,7-8,18H,3,6,9-13H2,1-2H3. The van der Waals surface area contributed by atoms with E-state index in [9.17, 15) is 4.79 Å². The third kappa shape index (κ3) is 2.95. The van der Waals surface area contributed by atoms with Crippen LogP contribution in [0.2, 0.25) is 0 Å². The Morgan fingerprint density at radius 3 is 3.00 bits per heavy atom. The molecule has 1 fully saturated rings. The van der Waals surface area contributed by atoms with Gasteiger partial charge in [0.25, 0.3) is 0 Å². The molecule has 1 heterocycles. The Morgan fingerprint density at radius 2 is 2.18 bits per heavy atom. The van der Waals surface area contributed by atoms with Gasteiger partial charge in [-0.25, -0.2) is 0 Å². The van der Waals surface area contributed by atoms with Crippen molar-refractivity contribution in [3.05, 3.63) is 41.0 Å². The summed E-state index contributed by atoms with van der Waals surface area (Å²) >= 11 is 0. The van der Waals surface area contributed by atoms with Gasteiger partial charge in [0.15, 0.2) is 0 Å². The van der Waals surface area contributed by atoms with Crippen LogP contribution in [0.4, 0.5) is 0 Å². The first-order valence-corrected chi connectivity index (χ1v) is 8.37. The summed E-state index contributed by atoms with van der Waals surface area (Å²) in [5.74, 6) is 0.495. The average molecular weight is 299 g/mol. The number of carbonyl (C=O) groups is 1. The van der Waals surface area contributed by atoms with E-state index in [1.165, 1.54) is 16.7 Å². The van der Waals surface area contributed by atoms with E-state index in [0.717, 1.165) is 32.5 Å². The largest absolute Gasteiger partial charge is 0.466 e. The molecule has 0 N–H and O–H groups in total. The zero-order valence-corrected chi connectivity index (χ0v) is 13.6. The monoisotopic (exact) mass is 299 g/mol. The van der Waals surface area contributed by atoms with Gasteiger partial charge in [0.05, 0.1) is 6.61 Å². The number of likely N-dealkylation sites (tertiary alicyclic amines) is 1. The van der Waals surface area contributed by atoms with E-state index in [-0.39, 0.29) is 5.97 Å². The molecule has 3 heteroatoms. The molecule has 1 unspecified atom stereocenters. The van der Waals surface area contributed by atoms with Gasteiger partial charge < -0.3 is 9.64 Å². The highest BCUT2D eigenvalue weighted by Gasteiger charge is 2.33. The molecule has 1 atom stereocenters. The van der Waals surface area contributed by atoms with Crippen molar-refractivity contribution in [2.24, 2.45) is 0 Å². The molecule has 0 spiro atoms. The smallest absolute Gasteiger partial charge is 0.305 e. The molecule has 1 aliphatic carbocycles. The lowest BCUT2D eigenvalue weighted by molar-refractivity contribution is -0.143. The summed E-state index contributed by atoms with van der Waals surface area (Å²) in [4.78, 5) is 13.9. The Hall–Kier alpha value is -1.61. The maximum atomic E-state index is 11.4. The van der Waals surface area contributed by atoms with Crippen LogP contribution in [-0.2, 0) is 9.53 Å². The third-order valence-corrected chi connectivity index (χ3v) is 4.94. The average Bonchev–Trinajstić information content (AvgIpc) is 2.81. The number of carbonyl (C=O) groups excluding carboxylic acids is 1. The van der Waals surface area contributed by atoms with Gasteiger partial charge in [0, 0.05) is 25.4 Å². The molecule has 2 aliphatic rings. The van der Waals surface area contributed by atoms with Crippen LogP contribution in [0, 0.1) is 0 Å². The fourth-order valence-electron chi connectivity index (χ4n) is 3.85. The maximum Gasteiger partial charge on any atom is 0.305 e. The van der Waals surface area contributed by atoms with Crippen LogP contribution in [0.25, 0.3) is 5.57 Å². The van der Waals surface area contributed by atoms with Gasteiger partial charge >= 0.3 is 5.97 Å². The Balaban J connectivity index is 1.59. The van der Waals surface area contributed by atoms with Crippen LogP contribution >= 0.6 is 0 Å². The molecule has 1 aromatic rings. The van der Waals surface area contributed by atoms with Gasteiger partial charge in [-0.05, 0) is 49.9 Å². The predicted molar refractivity (Wildman–Crippen MR) is 88.7 cm³/mol. The Kier molecular flexibility index (Phi) is 4.63. The number of fused-ring (bicyclic) bond motifs is 3. The molecule has 0 aromatic heterocycles.